The van der Waals surface area contributed by atoms with E-state index in [9.17, 15) is 13.2 Å². The summed E-state index contributed by atoms with van der Waals surface area (Å²) in [7, 11) is -2.52. The summed E-state index contributed by atoms with van der Waals surface area (Å²) in [6, 6.07) is 8.90. The molecule has 2 aromatic carbocycles. The van der Waals surface area contributed by atoms with Crippen LogP contribution in [0.4, 0.5) is 0 Å². The van der Waals surface area contributed by atoms with Gasteiger partial charge in [-0.05, 0) is 60.4 Å². The molecular weight excluding hydrogens is 362 g/mol. The molecule has 5 nitrogen and oxygen atoms in total. The van der Waals surface area contributed by atoms with E-state index in [0.29, 0.717) is 16.1 Å². The second kappa shape index (κ2) is 7.45. The Labute approximate surface area is 153 Å². The van der Waals surface area contributed by atoms with Crippen LogP contribution in [-0.4, -0.2) is 21.4 Å². The quantitative estimate of drug-likeness (QED) is 0.797. The van der Waals surface area contributed by atoms with Gasteiger partial charge in [-0.25, -0.2) is 0 Å². The van der Waals surface area contributed by atoms with Crippen LogP contribution in [0, 0.1) is 6.92 Å². The summed E-state index contributed by atoms with van der Waals surface area (Å²) in [5.41, 5.74) is 1.80. The van der Waals surface area contributed by atoms with Crippen molar-refractivity contribution in [1.82, 2.24) is 5.32 Å². The Morgan fingerprint density at radius 1 is 1.16 bits per heavy atom. The van der Waals surface area contributed by atoms with Gasteiger partial charge in [0.2, 0.25) is 0 Å². The summed E-state index contributed by atoms with van der Waals surface area (Å²) in [5, 5.41) is 3.04. The highest BCUT2D eigenvalue weighted by Gasteiger charge is 2.21. The Hall–Kier alpha value is -2.05. The van der Waals surface area contributed by atoms with E-state index in [2.05, 4.69) is 5.32 Å². The summed E-state index contributed by atoms with van der Waals surface area (Å²) in [5.74, 6) is 0.00601. The molecule has 0 aliphatic heterocycles. The van der Waals surface area contributed by atoms with Crippen molar-refractivity contribution in [1.29, 1.82) is 0 Å². The predicted molar refractivity (Wildman–Crippen MR) is 97.9 cm³/mol. The average molecular weight is 382 g/mol. The van der Waals surface area contributed by atoms with Crippen LogP contribution in [0.25, 0.3) is 0 Å². The third-order valence-corrected chi connectivity index (χ3v) is 5.40. The molecule has 2 aromatic rings. The van der Waals surface area contributed by atoms with Crippen LogP contribution in [-0.2, 0) is 10.1 Å². The van der Waals surface area contributed by atoms with E-state index in [1.165, 1.54) is 31.3 Å². The third kappa shape index (κ3) is 4.32. The first-order valence-corrected chi connectivity index (χ1v) is 9.51. The molecule has 25 heavy (non-hydrogen) atoms. The maximum Gasteiger partial charge on any atom is 0.339 e. The molecule has 0 unspecified atom stereocenters. The molecule has 0 aliphatic carbocycles. The Bertz CT molecular complexity index is 890. The Morgan fingerprint density at radius 2 is 1.76 bits per heavy atom. The van der Waals surface area contributed by atoms with E-state index in [0.717, 1.165) is 5.56 Å². The molecule has 0 saturated heterocycles. The van der Waals surface area contributed by atoms with Gasteiger partial charge in [0.15, 0.2) is 0 Å². The number of rotatable bonds is 5. The highest BCUT2D eigenvalue weighted by Crippen LogP contribution is 2.33. The van der Waals surface area contributed by atoms with Gasteiger partial charge in [-0.1, -0.05) is 25.4 Å². The minimum atomic E-state index is -4.02. The zero-order valence-electron chi connectivity index (χ0n) is 14.5. The van der Waals surface area contributed by atoms with Crippen molar-refractivity contribution < 1.29 is 17.4 Å². The van der Waals surface area contributed by atoms with Crippen LogP contribution in [0.3, 0.4) is 0 Å². The lowest BCUT2D eigenvalue weighted by atomic mass is 10.0. The fraction of sp³-hybridized carbons (Fsp3) is 0.278. The topological polar surface area (TPSA) is 72.5 Å². The number of hydrogen-bond acceptors (Lipinski definition) is 4. The third-order valence-electron chi connectivity index (χ3n) is 3.74. The summed E-state index contributed by atoms with van der Waals surface area (Å²) < 4.78 is 30.5. The lowest BCUT2D eigenvalue weighted by Crippen LogP contribution is -2.18. The van der Waals surface area contributed by atoms with Crippen LogP contribution in [0.2, 0.25) is 5.02 Å². The first-order valence-electron chi connectivity index (χ1n) is 7.72. The number of carbonyl (C=O) groups excluding carboxylic acids is 1. The summed E-state index contributed by atoms with van der Waals surface area (Å²) in [4.78, 5) is 11.5. The number of nitrogens with one attached hydrogen (secondary N) is 1. The number of amides is 1. The van der Waals surface area contributed by atoms with E-state index in [1.807, 2.05) is 13.8 Å². The predicted octanol–water partition coefficient (Wildman–Crippen LogP) is 3.90. The molecule has 2 rings (SSSR count). The number of benzene rings is 2. The minimum Gasteiger partial charge on any atom is -0.379 e. The molecule has 0 atom stereocenters. The zero-order chi connectivity index (χ0) is 18.8. The van der Waals surface area contributed by atoms with Crippen molar-refractivity contribution in [2.75, 3.05) is 7.05 Å². The van der Waals surface area contributed by atoms with Crippen molar-refractivity contribution in [2.45, 2.75) is 31.6 Å². The van der Waals surface area contributed by atoms with Crippen molar-refractivity contribution in [2.24, 2.45) is 0 Å². The smallest absolute Gasteiger partial charge is 0.339 e. The van der Waals surface area contributed by atoms with Gasteiger partial charge in [0.1, 0.15) is 10.6 Å². The normalized spacial score (nSPS) is 11.4. The van der Waals surface area contributed by atoms with Gasteiger partial charge in [-0.3, -0.25) is 4.79 Å². The van der Waals surface area contributed by atoms with Crippen molar-refractivity contribution in [3.05, 3.63) is 58.1 Å². The van der Waals surface area contributed by atoms with E-state index in [4.69, 9.17) is 15.8 Å². The lowest BCUT2D eigenvalue weighted by Gasteiger charge is -2.15. The Kier molecular flexibility index (Phi) is 5.75. The molecule has 1 N–H and O–H groups in total. The van der Waals surface area contributed by atoms with Crippen LogP contribution in [0.1, 0.15) is 41.3 Å². The van der Waals surface area contributed by atoms with Crippen molar-refractivity contribution in [3.63, 3.8) is 0 Å². The number of aryl methyl sites for hydroxylation is 1. The van der Waals surface area contributed by atoms with Gasteiger partial charge >= 0.3 is 10.1 Å². The van der Waals surface area contributed by atoms with Gasteiger partial charge in [0, 0.05) is 17.6 Å². The first-order chi connectivity index (χ1) is 11.7. The highest BCUT2D eigenvalue weighted by molar-refractivity contribution is 7.87. The zero-order valence-corrected chi connectivity index (χ0v) is 16.0. The summed E-state index contributed by atoms with van der Waals surface area (Å²) in [6.07, 6.45) is 0. The number of halogens is 1. The first kappa shape index (κ1) is 19.3. The molecule has 1 amide bonds. The standard InChI is InChI=1S/C18H20ClNO4S/c1-11(2)15-10-16(19)12(3)9-17(15)24-25(22,23)14-7-5-13(6-8-14)18(21)20-4/h5-11H,1-4H3,(H,20,21). The van der Waals surface area contributed by atoms with Gasteiger partial charge in [-0.2, -0.15) is 8.42 Å². The summed E-state index contributed by atoms with van der Waals surface area (Å²) in [6.45, 7) is 5.64. The maximum absolute atomic E-state index is 12.6. The molecule has 0 aromatic heterocycles. The summed E-state index contributed by atoms with van der Waals surface area (Å²) >= 11 is 6.14. The molecule has 0 saturated carbocycles. The van der Waals surface area contributed by atoms with E-state index in [1.54, 1.807) is 19.1 Å². The SMILES string of the molecule is CNC(=O)c1ccc(S(=O)(=O)Oc2cc(C)c(Cl)cc2C(C)C)cc1. The fourth-order valence-corrected chi connectivity index (χ4v) is 3.40. The van der Waals surface area contributed by atoms with Gasteiger partial charge in [0.25, 0.3) is 5.91 Å². The molecule has 134 valence electrons. The van der Waals surface area contributed by atoms with Crippen LogP contribution in [0.15, 0.2) is 41.3 Å². The number of hydrogen-bond donors (Lipinski definition) is 1. The molecular formula is C18H20ClNO4S. The van der Waals surface area contributed by atoms with E-state index < -0.39 is 10.1 Å². The van der Waals surface area contributed by atoms with Crippen molar-refractivity contribution in [3.8, 4) is 5.75 Å². The Morgan fingerprint density at radius 3 is 2.28 bits per heavy atom. The van der Waals surface area contributed by atoms with Crippen molar-refractivity contribution >= 4 is 27.6 Å². The van der Waals surface area contributed by atoms with Crippen LogP contribution in [0.5, 0.6) is 5.75 Å². The molecule has 0 aliphatic rings. The molecule has 0 heterocycles. The van der Waals surface area contributed by atoms with E-state index >= 15 is 0 Å². The average Bonchev–Trinajstić information content (AvgIpc) is 2.56. The molecule has 0 fully saturated rings. The monoisotopic (exact) mass is 381 g/mol. The molecule has 7 heteroatoms. The minimum absolute atomic E-state index is 0.0255. The Balaban J connectivity index is 2.39. The van der Waals surface area contributed by atoms with Gasteiger partial charge in [-0.15, -0.1) is 0 Å². The van der Waals surface area contributed by atoms with Crippen LogP contribution < -0.4 is 9.50 Å². The number of carbonyl (C=O) groups is 1. The molecule has 0 spiro atoms. The fourth-order valence-electron chi connectivity index (χ4n) is 2.28. The second-order valence-electron chi connectivity index (χ2n) is 5.93. The van der Waals surface area contributed by atoms with Crippen LogP contribution >= 0.6 is 11.6 Å². The molecule has 0 radical (unpaired) electrons. The second-order valence-corrected chi connectivity index (χ2v) is 7.89. The van der Waals surface area contributed by atoms with Gasteiger partial charge < -0.3 is 9.50 Å². The lowest BCUT2D eigenvalue weighted by molar-refractivity contribution is 0.0963. The van der Waals surface area contributed by atoms with E-state index in [-0.39, 0.29) is 22.5 Å². The van der Waals surface area contributed by atoms with Gasteiger partial charge in [0.05, 0.1) is 0 Å². The highest BCUT2D eigenvalue weighted by atomic mass is 35.5. The molecule has 0 bridgehead atoms. The largest absolute Gasteiger partial charge is 0.379 e. The maximum atomic E-state index is 12.6.